The van der Waals surface area contributed by atoms with Gasteiger partial charge in [-0.1, -0.05) is 18.2 Å². The first-order valence-electron chi connectivity index (χ1n) is 7.31. The molecule has 0 amide bonds. The molecule has 22 heavy (non-hydrogen) atoms. The van der Waals surface area contributed by atoms with Crippen molar-refractivity contribution in [2.45, 2.75) is 13.2 Å². The van der Waals surface area contributed by atoms with Gasteiger partial charge in [-0.2, -0.15) is 0 Å². The first-order chi connectivity index (χ1) is 10.7. The van der Waals surface area contributed by atoms with Crippen LogP contribution in [0.15, 0.2) is 54.6 Å². The Morgan fingerprint density at radius 2 is 1.73 bits per heavy atom. The highest BCUT2D eigenvalue weighted by Gasteiger charge is 2.11. The van der Waals surface area contributed by atoms with Crippen molar-refractivity contribution < 1.29 is 5.11 Å². The zero-order valence-corrected chi connectivity index (χ0v) is 12.2. The van der Waals surface area contributed by atoms with Crippen molar-refractivity contribution >= 4 is 27.5 Å². The number of para-hydroxylation sites is 1. The van der Waals surface area contributed by atoms with E-state index < -0.39 is 6.23 Å². The molecule has 0 saturated heterocycles. The summed E-state index contributed by atoms with van der Waals surface area (Å²) in [5.41, 5.74) is 4.89. The molecule has 110 valence electrons. The maximum absolute atomic E-state index is 10.4. The third-order valence-corrected chi connectivity index (χ3v) is 3.90. The zero-order chi connectivity index (χ0) is 15.1. The average Bonchev–Trinajstić information content (AvgIpc) is 3.08. The van der Waals surface area contributed by atoms with Gasteiger partial charge in [-0.25, -0.2) is 0 Å². The van der Waals surface area contributed by atoms with E-state index in [1.165, 1.54) is 0 Å². The lowest BCUT2D eigenvalue weighted by Crippen LogP contribution is -2.09. The fraction of sp³-hybridized carbons (Fsp3) is 0.111. The van der Waals surface area contributed by atoms with Crippen molar-refractivity contribution in [2.24, 2.45) is 0 Å². The van der Waals surface area contributed by atoms with E-state index in [0.717, 1.165) is 38.9 Å². The Morgan fingerprint density at radius 3 is 2.59 bits per heavy atom. The van der Waals surface area contributed by atoms with Crippen LogP contribution in [0.4, 0.5) is 5.69 Å². The van der Waals surface area contributed by atoms with Crippen LogP contribution in [0.1, 0.15) is 17.6 Å². The topological polar surface area (TPSA) is 63.8 Å². The summed E-state index contributed by atoms with van der Waals surface area (Å²) in [5.74, 6) is 0. The maximum Gasteiger partial charge on any atom is 0.165 e. The van der Waals surface area contributed by atoms with Crippen LogP contribution < -0.4 is 5.32 Å². The minimum absolute atomic E-state index is 0.756. The number of anilines is 1. The van der Waals surface area contributed by atoms with E-state index in [-0.39, 0.29) is 0 Å². The molecule has 0 aliphatic carbocycles. The molecule has 0 saturated carbocycles. The second-order valence-corrected chi connectivity index (χ2v) is 5.61. The van der Waals surface area contributed by atoms with Crippen LogP contribution in [-0.2, 0) is 0 Å². The number of rotatable bonds is 3. The van der Waals surface area contributed by atoms with Gasteiger partial charge in [0.25, 0.3) is 0 Å². The lowest BCUT2D eigenvalue weighted by atomic mass is 10.2. The molecule has 2 heterocycles. The highest BCUT2D eigenvalue weighted by molar-refractivity contribution is 5.84. The minimum Gasteiger partial charge on any atom is -0.368 e. The van der Waals surface area contributed by atoms with Crippen molar-refractivity contribution in [3.63, 3.8) is 0 Å². The van der Waals surface area contributed by atoms with E-state index in [9.17, 15) is 5.11 Å². The van der Waals surface area contributed by atoms with Gasteiger partial charge in [0.05, 0.1) is 5.69 Å². The zero-order valence-electron chi connectivity index (χ0n) is 12.2. The van der Waals surface area contributed by atoms with Crippen LogP contribution in [0, 0.1) is 6.92 Å². The molecule has 4 rings (SSSR count). The molecule has 0 fully saturated rings. The number of aromatic amines is 2. The molecule has 2 aromatic carbocycles. The number of hydrogen-bond acceptors (Lipinski definition) is 2. The summed E-state index contributed by atoms with van der Waals surface area (Å²) in [6, 6.07) is 18.1. The molecule has 4 aromatic rings. The van der Waals surface area contributed by atoms with Crippen molar-refractivity contribution in [3.05, 3.63) is 66.0 Å². The monoisotopic (exact) mass is 291 g/mol. The summed E-state index contributed by atoms with van der Waals surface area (Å²) in [6.45, 7) is 2.03. The van der Waals surface area contributed by atoms with E-state index in [4.69, 9.17) is 0 Å². The Kier molecular flexibility index (Phi) is 2.91. The van der Waals surface area contributed by atoms with Crippen LogP contribution in [0.25, 0.3) is 21.8 Å². The van der Waals surface area contributed by atoms with Gasteiger partial charge in [0.1, 0.15) is 0 Å². The second-order valence-electron chi connectivity index (χ2n) is 5.61. The Labute approximate surface area is 127 Å². The SMILES string of the molecule is Cc1cc2cc(NC(O)c3cc4ccccc4[nH]3)ccc2[nH]1. The number of aliphatic hydroxyl groups is 1. The standard InChI is InChI=1S/C18H17N3O/c1-11-8-13-9-14(6-7-16(13)19-11)20-18(22)17-10-12-4-2-3-5-15(12)21-17/h2-10,18-22H,1H3. The van der Waals surface area contributed by atoms with Gasteiger partial charge in [-0.05, 0) is 48.7 Å². The lowest BCUT2D eigenvalue weighted by molar-refractivity contribution is 0.204. The van der Waals surface area contributed by atoms with Crippen molar-refractivity contribution in [1.29, 1.82) is 0 Å². The number of nitrogens with one attached hydrogen (secondary N) is 3. The van der Waals surface area contributed by atoms with Crippen molar-refractivity contribution in [2.75, 3.05) is 5.32 Å². The van der Waals surface area contributed by atoms with E-state index in [1.54, 1.807) is 0 Å². The normalized spacial score (nSPS) is 12.8. The molecular weight excluding hydrogens is 274 g/mol. The maximum atomic E-state index is 10.4. The summed E-state index contributed by atoms with van der Waals surface area (Å²) in [4.78, 5) is 6.53. The molecule has 0 aliphatic rings. The minimum atomic E-state index is -0.773. The van der Waals surface area contributed by atoms with Crippen molar-refractivity contribution in [1.82, 2.24) is 9.97 Å². The Bertz CT molecular complexity index is 918. The average molecular weight is 291 g/mol. The molecule has 4 N–H and O–H groups in total. The van der Waals surface area contributed by atoms with Gasteiger partial charge < -0.3 is 20.4 Å². The van der Waals surface area contributed by atoms with Crippen molar-refractivity contribution in [3.8, 4) is 0 Å². The van der Waals surface area contributed by atoms with E-state index >= 15 is 0 Å². The summed E-state index contributed by atoms with van der Waals surface area (Å²) in [5, 5.41) is 15.8. The molecule has 4 heteroatoms. The summed E-state index contributed by atoms with van der Waals surface area (Å²) >= 11 is 0. The van der Waals surface area contributed by atoms with E-state index in [0.29, 0.717) is 0 Å². The highest BCUT2D eigenvalue weighted by Crippen LogP contribution is 2.24. The Hall–Kier alpha value is -2.72. The largest absolute Gasteiger partial charge is 0.368 e. The molecule has 0 spiro atoms. The third-order valence-electron chi connectivity index (χ3n) is 3.90. The van der Waals surface area contributed by atoms with Gasteiger partial charge >= 0.3 is 0 Å². The van der Waals surface area contributed by atoms with Crippen LogP contribution in [0.5, 0.6) is 0 Å². The van der Waals surface area contributed by atoms with Crippen LogP contribution in [0.2, 0.25) is 0 Å². The van der Waals surface area contributed by atoms with E-state index in [2.05, 4.69) is 21.4 Å². The summed E-state index contributed by atoms with van der Waals surface area (Å²) in [6.07, 6.45) is -0.773. The molecule has 0 radical (unpaired) electrons. The quantitative estimate of drug-likeness (QED) is 0.430. The van der Waals surface area contributed by atoms with Gasteiger partial charge in [-0.3, -0.25) is 0 Å². The number of aromatic nitrogens is 2. The summed E-state index contributed by atoms with van der Waals surface area (Å²) in [7, 11) is 0. The van der Waals surface area contributed by atoms with Gasteiger partial charge in [0.15, 0.2) is 6.23 Å². The lowest BCUT2D eigenvalue weighted by Gasteiger charge is -2.12. The van der Waals surface area contributed by atoms with Gasteiger partial charge in [0.2, 0.25) is 0 Å². The second kappa shape index (κ2) is 4.93. The first-order valence-corrected chi connectivity index (χ1v) is 7.31. The molecular formula is C18H17N3O. The molecule has 1 unspecified atom stereocenters. The molecule has 4 nitrogen and oxygen atoms in total. The molecule has 0 bridgehead atoms. The first kappa shape index (κ1) is 13.0. The Balaban J connectivity index is 1.62. The fourth-order valence-corrected chi connectivity index (χ4v) is 2.85. The summed E-state index contributed by atoms with van der Waals surface area (Å²) < 4.78 is 0. The number of fused-ring (bicyclic) bond motifs is 2. The van der Waals surface area contributed by atoms with Crippen LogP contribution in [-0.4, -0.2) is 15.1 Å². The number of H-pyrrole nitrogens is 2. The van der Waals surface area contributed by atoms with E-state index in [1.807, 2.05) is 55.5 Å². The number of benzene rings is 2. The molecule has 2 aromatic heterocycles. The fourth-order valence-electron chi connectivity index (χ4n) is 2.85. The predicted octanol–water partition coefficient (Wildman–Crippen LogP) is 4.06. The predicted molar refractivity (Wildman–Crippen MR) is 89.9 cm³/mol. The molecule has 1 atom stereocenters. The van der Waals surface area contributed by atoms with Crippen LogP contribution in [0.3, 0.4) is 0 Å². The van der Waals surface area contributed by atoms with Crippen LogP contribution >= 0.6 is 0 Å². The number of aliphatic hydroxyl groups excluding tert-OH is 1. The number of aryl methyl sites for hydroxylation is 1. The highest BCUT2D eigenvalue weighted by atomic mass is 16.3. The molecule has 0 aliphatic heterocycles. The smallest absolute Gasteiger partial charge is 0.165 e. The number of hydrogen-bond donors (Lipinski definition) is 4. The van der Waals surface area contributed by atoms with Gasteiger partial charge in [-0.15, -0.1) is 0 Å². The Morgan fingerprint density at radius 1 is 0.909 bits per heavy atom. The van der Waals surface area contributed by atoms with Gasteiger partial charge in [0, 0.05) is 27.8 Å². The third kappa shape index (κ3) is 2.23.